The van der Waals surface area contributed by atoms with Crippen molar-refractivity contribution in [2.75, 3.05) is 0 Å². The number of hydrogen-bond acceptors (Lipinski definition) is 3. The van der Waals surface area contributed by atoms with E-state index in [9.17, 15) is 9.59 Å². The van der Waals surface area contributed by atoms with Crippen LogP contribution in [0.2, 0.25) is 0 Å². The quantitative estimate of drug-likeness (QED) is 0.838. The lowest BCUT2D eigenvalue weighted by Crippen LogP contribution is -2.04. The highest BCUT2D eigenvalue weighted by Crippen LogP contribution is 2.26. The van der Waals surface area contributed by atoms with Gasteiger partial charge in [-0.2, -0.15) is 5.26 Å². The minimum Gasteiger partial charge on any atom is -0.478 e. The standard InChI is InChI=1S/C13H7NO4/c14-6-7-4-5-10(13(17)18)11-8(7)2-1-3-9(11)12(15)16/h1-5H,(H,15,16)(H,17,18). The second-order valence-corrected chi connectivity index (χ2v) is 3.61. The Bertz CT molecular complexity index is 692. The summed E-state index contributed by atoms with van der Waals surface area (Å²) < 4.78 is 0. The van der Waals surface area contributed by atoms with Crippen molar-refractivity contribution in [1.82, 2.24) is 0 Å². The number of rotatable bonds is 2. The highest BCUT2D eigenvalue weighted by molar-refractivity contribution is 6.13. The minimum absolute atomic E-state index is 0.0801. The molecule has 0 heterocycles. The van der Waals surface area contributed by atoms with Gasteiger partial charge in [0, 0.05) is 10.8 Å². The molecule has 2 N–H and O–H groups in total. The van der Waals surface area contributed by atoms with E-state index in [0.717, 1.165) is 0 Å². The number of carbonyl (C=O) groups is 2. The van der Waals surface area contributed by atoms with E-state index in [-0.39, 0.29) is 22.1 Å². The van der Waals surface area contributed by atoms with Crippen LogP contribution in [0.4, 0.5) is 0 Å². The van der Waals surface area contributed by atoms with Gasteiger partial charge < -0.3 is 10.2 Å². The molecule has 0 aromatic heterocycles. The molecule has 18 heavy (non-hydrogen) atoms. The summed E-state index contributed by atoms with van der Waals surface area (Å²) in [6, 6.07) is 8.87. The first-order chi connectivity index (χ1) is 8.56. The van der Waals surface area contributed by atoms with Crippen molar-refractivity contribution < 1.29 is 19.8 Å². The topological polar surface area (TPSA) is 98.4 Å². The molecule has 0 fully saturated rings. The van der Waals surface area contributed by atoms with Gasteiger partial charge in [-0.25, -0.2) is 9.59 Å². The van der Waals surface area contributed by atoms with Gasteiger partial charge in [-0.3, -0.25) is 0 Å². The fourth-order valence-corrected chi connectivity index (χ4v) is 1.86. The van der Waals surface area contributed by atoms with Gasteiger partial charge in [0.1, 0.15) is 0 Å². The summed E-state index contributed by atoms with van der Waals surface area (Å²) >= 11 is 0. The van der Waals surface area contributed by atoms with Crippen LogP contribution in [0, 0.1) is 11.3 Å². The van der Waals surface area contributed by atoms with Crippen molar-refractivity contribution in [1.29, 1.82) is 5.26 Å². The molecule has 2 rings (SSSR count). The fourth-order valence-electron chi connectivity index (χ4n) is 1.86. The maximum atomic E-state index is 11.1. The molecule has 0 bridgehead atoms. The molecule has 0 spiro atoms. The Labute approximate surface area is 102 Å². The molecule has 0 amide bonds. The Morgan fingerprint density at radius 2 is 1.61 bits per heavy atom. The van der Waals surface area contributed by atoms with Crippen LogP contribution in [0.15, 0.2) is 30.3 Å². The van der Waals surface area contributed by atoms with E-state index in [1.165, 1.54) is 30.3 Å². The van der Waals surface area contributed by atoms with E-state index in [4.69, 9.17) is 15.5 Å². The highest BCUT2D eigenvalue weighted by Gasteiger charge is 2.17. The van der Waals surface area contributed by atoms with Gasteiger partial charge in [-0.15, -0.1) is 0 Å². The average molecular weight is 241 g/mol. The maximum absolute atomic E-state index is 11.1. The molecule has 0 radical (unpaired) electrons. The zero-order valence-electron chi connectivity index (χ0n) is 9.04. The summed E-state index contributed by atoms with van der Waals surface area (Å²) in [5.41, 5.74) is 0.00194. The predicted octanol–water partition coefficient (Wildman–Crippen LogP) is 2.11. The zero-order valence-corrected chi connectivity index (χ0v) is 9.04. The molecular formula is C13H7NO4. The van der Waals surface area contributed by atoms with Crippen molar-refractivity contribution in [2.45, 2.75) is 0 Å². The van der Waals surface area contributed by atoms with Crippen LogP contribution in [-0.2, 0) is 0 Å². The van der Waals surface area contributed by atoms with Crippen molar-refractivity contribution in [2.24, 2.45) is 0 Å². The number of nitrogens with zero attached hydrogens (tertiary/aromatic N) is 1. The van der Waals surface area contributed by atoms with Crippen LogP contribution in [0.5, 0.6) is 0 Å². The summed E-state index contributed by atoms with van der Waals surface area (Å²) in [5, 5.41) is 27.5. The third kappa shape index (κ3) is 1.66. The van der Waals surface area contributed by atoms with Crippen molar-refractivity contribution in [3.8, 4) is 6.07 Å². The molecule has 0 saturated carbocycles. The fraction of sp³-hybridized carbons (Fsp3) is 0. The Kier molecular flexibility index (Phi) is 2.70. The molecule has 2 aromatic carbocycles. The lowest BCUT2D eigenvalue weighted by molar-refractivity contribution is 0.0695. The molecule has 88 valence electrons. The average Bonchev–Trinajstić information content (AvgIpc) is 2.36. The van der Waals surface area contributed by atoms with Crippen molar-refractivity contribution >= 4 is 22.7 Å². The molecule has 0 saturated heterocycles. The maximum Gasteiger partial charge on any atom is 0.336 e. The number of fused-ring (bicyclic) bond motifs is 1. The first kappa shape index (κ1) is 11.6. The van der Waals surface area contributed by atoms with Gasteiger partial charge in [-0.05, 0) is 18.2 Å². The van der Waals surface area contributed by atoms with Gasteiger partial charge in [0.2, 0.25) is 0 Å². The number of carboxylic acids is 2. The summed E-state index contributed by atoms with van der Waals surface area (Å²) in [6.45, 7) is 0. The van der Waals surface area contributed by atoms with E-state index < -0.39 is 11.9 Å². The van der Waals surface area contributed by atoms with Crippen molar-refractivity contribution in [3.05, 3.63) is 47.0 Å². The summed E-state index contributed by atoms with van der Waals surface area (Å²) in [6.07, 6.45) is 0. The lowest BCUT2D eigenvalue weighted by atomic mass is 9.96. The van der Waals surface area contributed by atoms with Crippen LogP contribution in [0.1, 0.15) is 26.3 Å². The van der Waals surface area contributed by atoms with Crippen molar-refractivity contribution in [3.63, 3.8) is 0 Å². The van der Waals surface area contributed by atoms with Gasteiger partial charge in [0.15, 0.2) is 0 Å². The summed E-state index contributed by atoms with van der Waals surface area (Å²) in [4.78, 5) is 22.2. The lowest BCUT2D eigenvalue weighted by Gasteiger charge is -2.07. The smallest absolute Gasteiger partial charge is 0.336 e. The van der Waals surface area contributed by atoms with E-state index >= 15 is 0 Å². The third-order valence-corrected chi connectivity index (χ3v) is 2.62. The van der Waals surface area contributed by atoms with Gasteiger partial charge >= 0.3 is 11.9 Å². The largest absolute Gasteiger partial charge is 0.478 e. The highest BCUT2D eigenvalue weighted by atomic mass is 16.4. The first-order valence-electron chi connectivity index (χ1n) is 4.98. The molecule has 0 unspecified atom stereocenters. The first-order valence-corrected chi connectivity index (χ1v) is 4.98. The molecule has 0 aliphatic carbocycles. The Morgan fingerprint density at radius 1 is 1.00 bits per heavy atom. The second kappa shape index (κ2) is 4.18. The normalized spacial score (nSPS) is 9.94. The number of benzene rings is 2. The van der Waals surface area contributed by atoms with Gasteiger partial charge in [0.25, 0.3) is 0 Å². The third-order valence-electron chi connectivity index (χ3n) is 2.62. The van der Waals surface area contributed by atoms with Crippen LogP contribution in [-0.4, -0.2) is 22.2 Å². The second-order valence-electron chi connectivity index (χ2n) is 3.61. The Morgan fingerprint density at radius 3 is 2.17 bits per heavy atom. The van der Waals surface area contributed by atoms with E-state index in [1.807, 2.05) is 6.07 Å². The van der Waals surface area contributed by atoms with Gasteiger partial charge in [-0.1, -0.05) is 12.1 Å². The predicted molar refractivity (Wildman–Crippen MR) is 62.6 cm³/mol. The molecule has 0 aliphatic heterocycles. The SMILES string of the molecule is N#Cc1ccc(C(=O)O)c2c(C(=O)O)cccc12. The summed E-state index contributed by atoms with van der Waals surface area (Å²) in [5.74, 6) is -2.45. The molecular weight excluding hydrogens is 234 g/mol. The van der Waals surface area contributed by atoms with Crippen LogP contribution in [0.25, 0.3) is 10.8 Å². The molecule has 0 atom stereocenters. The monoisotopic (exact) mass is 241 g/mol. The Hall–Kier alpha value is -2.87. The number of carboxylic acid groups (broad SMARTS) is 2. The minimum atomic E-state index is -1.22. The van der Waals surface area contributed by atoms with E-state index in [2.05, 4.69) is 0 Å². The number of hydrogen-bond donors (Lipinski definition) is 2. The van der Waals surface area contributed by atoms with Gasteiger partial charge in [0.05, 0.1) is 22.8 Å². The number of aromatic carboxylic acids is 2. The molecule has 5 heteroatoms. The Balaban J connectivity index is 3.02. The van der Waals surface area contributed by atoms with Crippen LogP contribution >= 0.6 is 0 Å². The molecule has 0 aliphatic rings. The van der Waals surface area contributed by atoms with E-state index in [0.29, 0.717) is 5.39 Å². The van der Waals surface area contributed by atoms with Crippen LogP contribution in [0.3, 0.4) is 0 Å². The number of nitriles is 1. The molecule has 2 aromatic rings. The van der Waals surface area contributed by atoms with E-state index in [1.54, 1.807) is 0 Å². The van der Waals surface area contributed by atoms with Crippen LogP contribution < -0.4 is 0 Å². The summed E-state index contributed by atoms with van der Waals surface area (Å²) in [7, 11) is 0. The zero-order chi connectivity index (χ0) is 13.3. The molecule has 5 nitrogen and oxygen atoms in total.